The predicted octanol–water partition coefficient (Wildman–Crippen LogP) is -1.36. The minimum absolute atomic E-state index is 0.0116. The second-order valence-corrected chi connectivity index (χ2v) is 2.55. The molecule has 0 aromatic rings. The van der Waals surface area contributed by atoms with Crippen molar-refractivity contribution in [3.63, 3.8) is 0 Å². The van der Waals surface area contributed by atoms with Gasteiger partial charge in [-0.1, -0.05) is 0 Å². The normalized spacial score (nSPS) is 30.3. The molecule has 5 heteroatoms. The van der Waals surface area contributed by atoms with Crippen LogP contribution >= 0.6 is 0 Å². The van der Waals surface area contributed by atoms with Crippen LogP contribution in [0.1, 0.15) is 0 Å². The molecular formula is C6H13N3O2. The maximum Gasteiger partial charge on any atom is 0.312 e. The zero-order chi connectivity index (χ0) is 8.27. The van der Waals surface area contributed by atoms with Gasteiger partial charge in [-0.15, -0.1) is 0 Å². The standard InChI is InChI=1S/C6H13N3O2/c1-11-5-3-8-2-4(5)9-6(7)10/h4-5,8H,2-3H2,1H3,(H3,7,9,10). The van der Waals surface area contributed by atoms with Crippen LogP contribution in [0.3, 0.4) is 0 Å². The van der Waals surface area contributed by atoms with Crippen LogP contribution in [0.25, 0.3) is 0 Å². The number of rotatable bonds is 2. The Kier molecular flexibility index (Phi) is 2.67. The Morgan fingerprint density at radius 2 is 2.45 bits per heavy atom. The lowest BCUT2D eigenvalue weighted by Crippen LogP contribution is -2.45. The van der Waals surface area contributed by atoms with Crippen molar-refractivity contribution in [2.24, 2.45) is 5.73 Å². The van der Waals surface area contributed by atoms with Crippen molar-refractivity contribution in [2.75, 3.05) is 20.2 Å². The molecule has 11 heavy (non-hydrogen) atoms. The highest BCUT2D eigenvalue weighted by Crippen LogP contribution is 2.02. The fraction of sp³-hybridized carbons (Fsp3) is 0.833. The van der Waals surface area contributed by atoms with E-state index in [1.165, 1.54) is 0 Å². The zero-order valence-corrected chi connectivity index (χ0v) is 6.46. The molecule has 5 nitrogen and oxygen atoms in total. The van der Waals surface area contributed by atoms with Gasteiger partial charge in [-0.25, -0.2) is 4.79 Å². The van der Waals surface area contributed by atoms with Crippen molar-refractivity contribution in [1.29, 1.82) is 0 Å². The molecule has 0 aromatic carbocycles. The monoisotopic (exact) mass is 159 g/mol. The first kappa shape index (κ1) is 8.29. The molecule has 0 aromatic heterocycles. The van der Waals surface area contributed by atoms with E-state index in [1.54, 1.807) is 7.11 Å². The lowest BCUT2D eigenvalue weighted by Gasteiger charge is -2.16. The predicted molar refractivity (Wildman–Crippen MR) is 40.2 cm³/mol. The third-order valence-corrected chi connectivity index (χ3v) is 1.79. The summed E-state index contributed by atoms with van der Waals surface area (Å²) in [6, 6.07) is -0.488. The Bertz CT molecular complexity index is 151. The van der Waals surface area contributed by atoms with E-state index in [1.807, 2.05) is 0 Å². The second-order valence-electron chi connectivity index (χ2n) is 2.55. The number of urea groups is 1. The molecule has 4 N–H and O–H groups in total. The van der Waals surface area contributed by atoms with Gasteiger partial charge in [0.15, 0.2) is 0 Å². The molecule has 2 atom stereocenters. The molecule has 1 aliphatic rings. The van der Waals surface area contributed by atoms with Gasteiger partial charge in [-0.05, 0) is 0 Å². The molecule has 2 unspecified atom stereocenters. The van der Waals surface area contributed by atoms with Crippen LogP contribution in [0, 0.1) is 0 Å². The highest BCUT2D eigenvalue weighted by molar-refractivity contribution is 5.72. The molecule has 0 aliphatic carbocycles. The van der Waals surface area contributed by atoms with Crippen LogP contribution in [0.4, 0.5) is 4.79 Å². The van der Waals surface area contributed by atoms with Crippen molar-refractivity contribution in [3.05, 3.63) is 0 Å². The van der Waals surface area contributed by atoms with Crippen molar-refractivity contribution in [2.45, 2.75) is 12.1 Å². The molecule has 1 aliphatic heterocycles. The summed E-state index contributed by atoms with van der Waals surface area (Å²) in [6.07, 6.45) is 0.0440. The van der Waals surface area contributed by atoms with E-state index >= 15 is 0 Å². The Morgan fingerprint density at radius 3 is 3.00 bits per heavy atom. The van der Waals surface area contributed by atoms with Crippen LogP contribution in [-0.4, -0.2) is 38.4 Å². The third kappa shape index (κ3) is 2.06. The molecule has 1 saturated heterocycles. The van der Waals surface area contributed by atoms with Crippen molar-refractivity contribution < 1.29 is 9.53 Å². The largest absolute Gasteiger partial charge is 0.378 e. The van der Waals surface area contributed by atoms with E-state index in [-0.39, 0.29) is 12.1 Å². The number of hydrogen-bond acceptors (Lipinski definition) is 3. The Balaban J connectivity index is 2.37. The number of primary amides is 1. The molecule has 1 heterocycles. The summed E-state index contributed by atoms with van der Waals surface area (Å²) in [7, 11) is 1.62. The lowest BCUT2D eigenvalue weighted by atomic mass is 10.2. The third-order valence-electron chi connectivity index (χ3n) is 1.79. The molecule has 0 radical (unpaired) electrons. The molecule has 0 saturated carbocycles. The van der Waals surface area contributed by atoms with Crippen molar-refractivity contribution in [1.82, 2.24) is 10.6 Å². The zero-order valence-electron chi connectivity index (χ0n) is 6.46. The van der Waals surface area contributed by atoms with E-state index < -0.39 is 6.03 Å². The minimum atomic E-state index is -0.499. The van der Waals surface area contributed by atoms with E-state index in [0.717, 1.165) is 13.1 Å². The average Bonchev–Trinajstić information content (AvgIpc) is 2.34. The van der Waals surface area contributed by atoms with Crippen molar-refractivity contribution >= 4 is 6.03 Å². The fourth-order valence-corrected chi connectivity index (χ4v) is 1.23. The van der Waals surface area contributed by atoms with E-state index in [4.69, 9.17) is 10.5 Å². The van der Waals surface area contributed by atoms with Gasteiger partial charge in [0.05, 0.1) is 12.1 Å². The molecule has 1 rings (SSSR count). The van der Waals surface area contributed by atoms with Gasteiger partial charge in [-0.2, -0.15) is 0 Å². The molecule has 64 valence electrons. The first-order valence-electron chi connectivity index (χ1n) is 3.53. The smallest absolute Gasteiger partial charge is 0.312 e. The van der Waals surface area contributed by atoms with Crippen LogP contribution in [0.5, 0.6) is 0 Å². The van der Waals surface area contributed by atoms with Gasteiger partial charge < -0.3 is 21.1 Å². The molecule has 1 fully saturated rings. The number of carbonyl (C=O) groups is 1. The maximum absolute atomic E-state index is 10.4. The molecule has 0 spiro atoms. The summed E-state index contributed by atoms with van der Waals surface area (Å²) in [5, 5.41) is 5.68. The van der Waals surface area contributed by atoms with Crippen molar-refractivity contribution in [3.8, 4) is 0 Å². The number of amides is 2. The Labute approximate surface area is 65.3 Å². The summed E-state index contributed by atoms with van der Waals surface area (Å²) in [5.74, 6) is 0. The summed E-state index contributed by atoms with van der Waals surface area (Å²) < 4.78 is 5.09. The summed E-state index contributed by atoms with van der Waals surface area (Å²) in [5.41, 5.74) is 4.96. The highest BCUT2D eigenvalue weighted by atomic mass is 16.5. The van der Waals surface area contributed by atoms with Gasteiger partial charge in [0, 0.05) is 20.2 Å². The Morgan fingerprint density at radius 1 is 1.73 bits per heavy atom. The quantitative estimate of drug-likeness (QED) is 0.466. The molecule has 2 amide bonds. The van der Waals surface area contributed by atoms with Crippen LogP contribution in [-0.2, 0) is 4.74 Å². The number of hydrogen-bond donors (Lipinski definition) is 3. The summed E-state index contributed by atoms with van der Waals surface area (Å²) >= 11 is 0. The van der Waals surface area contributed by atoms with Gasteiger partial charge in [0.1, 0.15) is 0 Å². The van der Waals surface area contributed by atoms with Gasteiger partial charge in [0.25, 0.3) is 0 Å². The highest BCUT2D eigenvalue weighted by Gasteiger charge is 2.27. The number of nitrogens with two attached hydrogens (primary N) is 1. The average molecular weight is 159 g/mol. The first-order chi connectivity index (χ1) is 5.24. The molecule has 0 bridgehead atoms. The fourth-order valence-electron chi connectivity index (χ4n) is 1.23. The number of methoxy groups -OCH3 is 1. The van der Waals surface area contributed by atoms with E-state index in [0.29, 0.717) is 0 Å². The molecular weight excluding hydrogens is 146 g/mol. The van der Waals surface area contributed by atoms with Gasteiger partial charge in [-0.3, -0.25) is 0 Å². The topological polar surface area (TPSA) is 76.4 Å². The second kappa shape index (κ2) is 3.54. The summed E-state index contributed by atoms with van der Waals surface area (Å²) in [6.45, 7) is 1.49. The Hall–Kier alpha value is -0.810. The maximum atomic E-state index is 10.4. The van der Waals surface area contributed by atoms with Gasteiger partial charge in [0.2, 0.25) is 0 Å². The summed E-state index contributed by atoms with van der Waals surface area (Å²) in [4.78, 5) is 10.4. The van der Waals surface area contributed by atoms with E-state index in [2.05, 4.69) is 10.6 Å². The first-order valence-corrected chi connectivity index (χ1v) is 3.53. The van der Waals surface area contributed by atoms with Crippen LogP contribution in [0.15, 0.2) is 0 Å². The van der Waals surface area contributed by atoms with E-state index in [9.17, 15) is 4.79 Å². The minimum Gasteiger partial charge on any atom is -0.378 e. The van der Waals surface area contributed by atoms with Gasteiger partial charge >= 0.3 is 6.03 Å². The number of nitrogens with one attached hydrogen (secondary N) is 2. The van der Waals surface area contributed by atoms with Crippen LogP contribution in [0.2, 0.25) is 0 Å². The van der Waals surface area contributed by atoms with Crippen LogP contribution < -0.4 is 16.4 Å². The number of ether oxygens (including phenoxy) is 1. The lowest BCUT2D eigenvalue weighted by molar-refractivity contribution is 0.0989. The number of carbonyl (C=O) groups excluding carboxylic acids is 1. The SMILES string of the molecule is COC1CNCC1NC(N)=O.